The van der Waals surface area contributed by atoms with E-state index in [4.69, 9.17) is 0 Å². The predicted molar refractivity (Wildman–Crippen MR) is 125 cm³/mol. The Kier molecular flexibility index (Phi) is 7.22. The van der Waals surface area contributed by atoms with Crippen LogP contribution < -0.4 is 4.90 Å². The van der Waals surface area contributed by atoms with Crippen molar-refractivity contribution in [3.63, 3.8) is 0 Å². The monoisotopic (exact) mass is 477 g/mol. The van der Waals surface area contributed by atoms with Crippen molar-refractivity contribution < 1.29 is 13.6 Å². The number of aromatic nitrogens is 3. The Morgan fingerprint density at radius 1 is 1.12 bits per heavy atom. The number of rotatable bonds is 6. The van der Waals surface area contributed by atoms with Crippen LogP contribution in [-0.4, -0.2) is 52.8 Å². The number of thiazole rings is 1. The quantitative estimate of drug-likeness (QED) is 0.404. The maximum atomic E-state index is 14.2. The minimum Gasteiger partial charge on any atom is -0.308 e. The van der Waals surface area contributed by atoms with E-state index >= 15 is 0 Å². The molecule has 0 spiro atoms. The van der Waals surface area contributed by atoms with E-state index < -0.39 is 11.6 Å². The van der Waals surface area contributed by atoms with Crippen molar-refractivity contribution >= 4 is 45.0 Å². The number of hydrogen-bond donors (Lipinski definition) is 0. The summed E-state index contributed by atoms with van der Waals surface area (Å²) in [6, 6.07) is 11.5. The molecule has 0 radical (unpaired) electrons. The summed E-state index contributed by atoms with van der Waals surface area (Å²) in [5, 5.41) is 4.70. The SMILES string of the molecule is Cc1c(C(=O)N(CCN(C)C)c2nc3c(F)cc(F)cc3s2)cnn1-c1ccccc1.Cl. The number of para-hydroxylation sites is 1. The number of carbonyl (C=O) groups excluding carboxylic acids is 1. The summed E-state index contributed by atoms with van der Waals surface area (Å²) in [6.07, 6.45) is 1.53. The van der Waals surface area contributed by atoms with Crippen LogP contribution in [0.3, 0.4) is 0 Å². The molecule has 0 saturated heterocycles. The van der Waals surface area contributed by atoms with Crippen LogP contribution in [0.15, 0.2) is 48.7 Å². The molecule has 10 heteroatoms. The molecule has 2 aromatic carbocycles. The van der Waals surface area contributed by atoms with Gasteiger partial charge in [-0.25, -0.2) is 18.4 Å². The Morgan fingerprint density at radius 2 is 1.84 bits per heavy atom. The van der Waals surface area contributed by atoms with Crippen molar-refractivity contribution in [3.05, 3.63) is 71.6 Å². The highest BCUT2D eigenvalue weighted by Crippen LogP contribution is 2.32. The number of likely N-dealkylation sites (N-methyl/N-ethyl adjacent to an activating group) is 1. The standard InChI is InChI=1S/C22H21F2N5OS.ClH/c1-14-17(13-25-29(14)16-7-5-4-6-8-16)21(30)28(10-9-27(2)3)22-26-20-18(24)11-15(23)12-19(20)31-22;/h4-8,11-13H,9-10H2,1-3H3;1H. The molecule has 1 amide bonds. The second-order valence-electron chi connectivity index (χ2n) is 7.38. The maximum absolute atomic E-state index is 14.2. The van der Waals surface area contributed by atoms with Crippen LogP contribution in [-0.2, 0) is 0 Å². The van der Waals surface area contributed by atoms with Crippen LogP contribution in [0.25, 0.3) is 15.9 Å². The van der Waals surface area contributed by atoms with Crippen LogP contribution in [0.5, 0.6) is 0 Å². The van der Waals surface area contributed by atoms with Crippen molar-refractivity contribution in [1.29, 1.82) is 0 Å². The van der Waals surface area contributed by atoms with E-state index in [1.165, 1.54) is 17.2 Å². The Labute approximate surface area is 194 Å². The van der Waals surface area contributed by atoms with Crippen LogP contribution in [0.2, 0.25) is 0 Å². The van der Waals surface area contributed by atoms with Gasteiger partial charge in [-0.05, 0) is 39.2 Å². The number of anilines is 1. The number of hydrogen-bond acceptors (Lipinski definition) is 5. The van der Waals surface area contributed by atoms with Crippen molar-refractivity contribution in [3.8, 4) is 5.69 Å². The minimum absolute atomic E-state index is 0. The van der Waals surface area contributed by atoms with Gasteiger partial charge in [0.25, 0.3) is 5.91 Å². The molecule has 0 saturated carbocycles. The molecule has 4 aromatic rings. The van der Waals surface area contributed by atoms with Gasteiger partial charge in [-0.3, -0.25) is 9.69 Å². The average Bonchev–Trinajstić information content (AvgIpc) is 3.32. The normalized spacial score (nSPS) is 11.1. The van der Waals surface area contributed by atoms with Crippen LogP contribution in [0, 0.1) is 18.6 Å². The van der Waals surface area contributed by atoms with Crippen molar-refractivity contribution in [2.75, 3.05) is 32.1 Å². The van der Waals surface area contributed by atoms with Gasteiger partial charge in [0.2, 0.25) is 0 Å². The van der Waals surface area contributed by atoms with Gasteiger partial charge in [-0.15, -0.1) is 12.4 Å². The summed E-state index contributed by atoms with van der Waals surface area (Å²) in [7, 11) is 3.80. The van der Waals surface area contributed by atoms with Crippen LogP contribution >= 0.6 is 23.7 Å². The summed E-state index contributed by atoms with van der Waals surface area (Å²) in [4.78, 5) is 21.3. The van der Waals surface area contributed by atoms with Gasteiger partial charge in [0, 0.05) is 19.2 Å². The third-order valence-corrected chi connectivity index (χ3v) is 5.92. The smallest absolute Gasteiger partial charge is 0.263 e. The number of halogens is 3. The van der Waals surface area contributed by atoms with E-state index in [-0.39, 0.29) is 23.8 Å². The molecule has 0 fully saturated rings. The Bertz CT molecular complexity index is 1240. The molecular weight excluding hydrogens is 456 g/mol. The molecule has 0 aliphatic heterocycles. The van der Waals surface area contributed by atoms with E-state index in [9.17, 15) is 13.6 Å². The molecule has 4 rings (SSSR count). The van der Waals surface area contributed by atoms with E-state index in [0.717, 1.165) is 23.1 Å². The Morgan fingerprint density at radius 3 is 2.53 bits per heavy atom. The molecule has 0 aliphatic carbocycles. The van der Waals surface area contributed by atoms with Crippen molar-refractivity contribution in [2.24, 2.45) is 0 Å². The largest absolute Gasteiger partial charge is 0.308 e. The van der Waals surface area contributed by atoms with Crippen LogP contribution in [0.4, 0.5) is 13.9 Å². The van der Waals surface area contributed by atoms with Gasteiger partial charge in [-0.2, -0.15) is 5.10 Å². The first kappa shape index (κ1) is 23.8. The van der Waals surface area contributed by atoms with Gasteiger partial charge < -0.3 is 4.90 Å². The Hall–Kier alpha value is -2.88. The molecule has 0 N–H and O–H groups in total. The molecular formula is C22H22ClF2N5OS. The second-order valence-corrected chi connectivity index (χ2v) is 8.39. The third kappa shape index (κ3) is 4.64. The number of carbonyl (C=O) groups is 1. The maximum Gasteiger partial charge on any atom is 0.263 e. The lowest BCUT2D eigenvalue weighted by atomic mass is 10.2. The fourth-order valence-corrected chi connectivity index (χ4v) is 4.27. The highest BCUT2D eigenvalue weighted by molar-refractivity contribution is 7.22. The topological polar surface area (TPSA) is 54.3 Å². The predicted octanol–water partition coefficient (Wildman–Crippen LogP) is 4.70. The number of benzene rings is 2. The van der Waals surface area contributed by atoms with Gasteiger partial charge in [0.1, 0.15) is 11.3 Å². The first-order chi connectivity index (χ1) is 14.8. The molecule has 6 nitrogen and oxygen atoms in total. The fourth-order valence-electron chi connectivity index (χ4n) is 3.24. The molecule has 0 aliphatic rings. The van der Waals surface area contributed by atoms with Crippen molar-refractivity contribution in [2.45, 2.75) is 6.92 Å². The lowest BCUT2D eigenvalue weighted by molar-refractivity contribution is 0.0984. The average molecular weight is 478 g/mol. The third-order valence-electron chi connectivity index (χ3n) is 4.89. The fraction of sp³-hybridized carbons (Fsp3) is 0.227. The molecule has 2 heterocycles. The lowest BCUT2D eigenvalue weighted by Crippen LogP contribution is -2.37. The highest BCUT2D eigenvalue weighted by atomic mass is 35.5. The zero-order valence-electron chi connectivity index (χ0n) is 17.7. The number of nitrogens with zero attached hydrogens (tertiary/aromatic N) is 5. The van der Waals surface area contributed by atoms with E-state index in [2.05, 4.69) is 10.1 Å². The molecule has 32 heavy (non-hydrogen) atoms. The molecule has 0 atom stereocenters. The van der Waals surface area contributed by atoms with E-state index in [0.29, 0.717) is 34.2 Å². The molecule has 168 valence electrons. The summed E-state index contributed by atoms with van der Waals surface area (Å²) >= 11 is 1.09. The lowest BCUT2D eigenvalue weighted by Gasteiger charge is -2.21. The van der Waals surface area contributed by atoms with Gasteiger partial charge >= 0.3 is 0 Å². The summed E-state index contributed by atoms with van der Waals surface area (Å²) in [5.74, 6) is -1.71. The van der Waals surface area contributed by atoms with Gasteiger partial charge in [0.05, 0.1) is 27.8 Å². The minimum atomic E-state index is -0.745. The van der Waals surface area contributed by atoms with Gasteiger partial charge in [-0.1, -0.05) is 29.5 Å². The highest BCUT2D eigenvalue weighted by Gasteiger charge is 2.26. The van der Waals surface area contributed by atoms with Crippen molar-refractivity contribution in [1.82, 2.24) is 19.7 Å². The first-order valence-electron chi connectivity index (χ1n) is 9.67. The van der Waals surface area contributed by atoms with E-state index in [1.54, 1.807) is 4.68 Å². The molecule has 0 unspecified atom stereocenters. The molecule has 0 bridgehead atoms. The zero-order valence-corrected chi connectivity index (χ0v) is 19.4. The summed E-state index contributed by atoms with van der Waals surface area (Å²) < 4.78 is 29.9. The summed E-state index contributed by atoms with van der Waals surface area (Å²) in [6.45, 7) is 2.74. The summed E-state index contributed by atoms with van der Waals surface area (Å²) in [5.41, 5.74) is 2.01. The zero-order chi connectivity index (χ0) is 22.1. The second kappa shape index (κ2) is 9.72. The van der Waals surface area contributed by atoms with E-state index in [1.807, 2.05) is 56.3 Å². The first-order valence-corrected chi connectivity index (χ1v) is 10.5. The van der Waals surface area contributed by atoms with Crippen LogP contribution in [0.1, 0.15) is 16.1 Å². The van der Waals surface area contributed by atoms with Gasteiger partial charge in [0.15, 0.2) is 10.9 Å². The molecule has 2 aromatic heterocycles. The number of amides is 1. The Balaban J connectivity index is 0.00000289. The number of fused-ring (bicyclic) bond motifs is 1.